The average molecular weight is 666 g/mol. The molecule has 2 saturated heterocycles. The number of pyridine rings is 1. The number of aromatic nitrogens is 3. The SMILES string of the molecule is CC(C)(C)OC(=O)N[C@@H]1CCN(c2ccc(/C(=C(/CC(F)(F)F)c3ccccc3)c3ccc4c(c3)c(F)nn4C3CCCCO3)cn2)C1. The molecule has 2 aromatic heterocycles. The molecule has 0 spiro atoms. The topological polar surface area (TPSA) is 81.5 Å². The summed E-state index contributed by atoms with van der Waals surface area (Å²) >= 11 is 0. The summed E-state index contributed by atoms with van der Waals surface area (Å²) in [7, 11) is 0. The summed E-state index contributed by atoms with van der Waals surface area (Å²) in [5.74, 6) is -0.0894. The monoisotopic (exact) mass is 665 g/mol. The van der Waals surface area contributed by atoms with Crippen LogP contribution in [0.4, 0.5) is 28.2 Å². The van der Waals surface area contributed by atoms with Crippen LogP contribution in [0.1, 0.15) is 75.8 Å². The molecule has 0 aliphatic carbocycles. The predicted octanol–water partition coefficient (Wildman–Crippen LogP) is 8.28. The van der Waals surface area contributed by atoms with E-state index in [4.69, 9.17) is 9.47 Å². The Bertz CT molecular complexity index is 1780. The van der Waals surface area contributed by atoms with Crippen LogP contribution in [0.25, 0.3) is 22.0 Å². The van der Waals surface area contributed by atoms with Gasteiger partial charge in [0.1, 0.15) is 11.4 Å². The molecular formula is C36H39F4N5O3. The van der Waals surface area contributed by atoms with Crippen molar-refractivity contribution in [3.63, 3.8) is 0 Å². The van der Waals surface area contributed by atoms with Gasteiger partial charge in [0.2, 0.25) is 5.95 Å². The maximum absolute atomic E-state index is 15.4. The summed E-state index contributed by atoms with van der Waals surface area (Å²) in [5.41, 5.74) is 1.50. The maximum atomic E-state index is 15.4. The normalized spacial score (nSPS) is 19.4. The number of alkyl halides is 3. The van der Waals surface area contributed by atoms with Gasteiger partial charge in [-0.05, 0) is 93.0 Å². The number of anilines is 1. The van der Waals surface area contributed by atoms with Crippen LogP contribution in [0.2, 0.25) is 0 Å². The number of nitrogens with zero attached hydrogens (tertiary/aromatic N) is 4. The molecule has 8 nitrogen and oxygen atoms in total. The molecule has 2 aliphatic rings. The fourth-order valence-electron chi connectivity index (χ4n) is 6.37. The van der Waals surface area contributed by atoms with E-state index < -0.39 is 36.5 Å². The van der Waals surface area contributed by atoms with Crippen LogP contribution < -0.4 is 10.2 Å². The summed E-state index contributed by atoms with van der Waals surface area (Å²) in [6.45, 7) is 7.08. The van der Waals surface area contributed by atoms with Gasteiger partial charge >= 0.3 is 12.3 Å². The standard InChI is InChI=1S/C36H39F4N5O3/c1-35(2,3)48-34(46)42-26-16-17-44(22-26)30-15-13-25(21-41-30)32(28(20-36(38,39)40)23-9-5-4-6-10-23)24-12-14-29-27(19-24)33(37)43-45(29)31-11-7-8-18-47-31/h4-6,9-10,12-15,19,21,26,31H,7-8,11,16-18,20,22H2,1-3H3,(H,42,46)/b32-28-/t26-,31?/m1/s1. The van der Waals surface area contributed by atoms with Gasteiger partial charge in [0.25, 0.3) is 0 Å². The van der Waals surface area contributed by atoms with Crippen LogP contribution in [0.15, 0.2) is 66.9 Å². The molecule has 1 amide bonds. The number of halogens is 4. The minimum atomic E-state index is -4.52. The number of amides is 1. The molecule has 2 aromatic carbocycles. The second kappa shape index (κ2) is 13.6. The van der Waals surface area contributed by atoms with Gasteiger partial charge in [-0.15, -0.1) is 5.10 Å². The molecule has 6 rings (SSSR count). The van der Waals surface area contributed by atoms with E-state index in [1.165, 1.54) is 4.68 Å². The molecule has 1 unspecified atom stereocenters. The quantitative estimate of drug-likeness (QED) is 0.158. The highest BCUT2D eigenvalue weighted by Gasteiger charge is 2.32. The third-order valence-electron chi connectivity index (χ3n) is 8.45. The third-order valence-corrected chi connectivity index (χ3v) is 8.45. The Labute approximate surface area is 276 Å². The number of nitrogens with one attached hydrogen (secondary N) is 1. The van der Waals surface area contributed by atoms with Crippen LogP contribution in [0, 0.1) is 5.95 Å². The highest BCUT2D eigenvalue weighted by molar-refractivity contribution is 6.00. The summed E-state index contributed by atoms with van der Waals surface area (Å²) in [6.07, 6.45) is -1.83. The van der Waals surface area contributed by atoms with Crippen molar-refractivity contribution in [3.05, 3.63) is 89.5 Å². The third kappa shape index (κ3) is 7.81. The second-order valence-electron chi connectivity index (χ2n) is 13.3. The minimum absolute atomic E-state index is 0.0446. The van der Waals surface area contributed by atoms with E-state index in [-0.39, 0.29) is 17.0 Å². The number of benzene rings is 2. The van der Waals surface area contributed by atoms with Crippen LogP contribution in [-0.4, -0.2) is 58.4 Å². The largest absolute Gasteiger partial charge is 0.444 e. The minimum Gasteiger partial charge on any atom is -0.444 e. The van der Waals surface area contributed by atoms with Crippen LogP contribution in [-0.2, 0) is 9.47 Å². The van der Waals surface area contributed by atoms with Crippen molar-refractivity contribution in [2.75, 3.05) is 24.6 Å². The van der Waals surface area contributed by atoms with E-state index in [0.717, 1.165) is 12.8 Å². The van der Waals surface area contributed by atoms with Crippen molar-refractivity contribution in [2.24, 2.45) is 0 Å². The number of alkyl carbamates (subject to hydrolysis) is 1. The van der Waals surface area contributed by atoms with Crippen molar-refractivity contribution in [3.8, 4) is 0 Å². The van der Waals surface area contributed by atoms with Gasteiger partial charge in [-0.2, -0.15) is 17.6 Å². The zero-order valence-corrected chi connectivity index (χ0v) is 27.2. The zero-order chi connectivity index (χ0) is 34.1. The zero-order valence-electron chi connectivity index (χ0n) is 27.2. The van der Waals surface area contributed by atoms with Gasteiger partial charge in [0.15, 0.2) is 6.23 Å². The summed E-state index contributed by atoms with van der Waals surface area (Å²) in [5, 5.41) is 7.21. The van der Waals surface area contributed by atoms with E-state index in [9.17, 15) is 18.0 Å². The smallest absolute Gasteiger partial charge is 0.407 e. The number of hydrogen-bond acceptors (Lipinski definition) is 6. The summed E-state index contributed by atoms with van der Waals surface area (Å²) < 4.78 is 70.8. The number of ether oxygens (including phenoxy) is 2. The molecule has 4 aromatic rings. The first-order valence-corrected chi connectivity index (χ1v) is 16.2. The fraction of sp³-hybridized carbons (Fsp3) is 0.417. The van der Waals surface area contributed by atoms with Crippen LogP contribution in [0.5, 0.6) is 0 Å². The molecule has 2 fully saturated rings. The van der Waals surface area contributed by atoms with E-state index >= 15 is 4.39 Å². The summed E-state index contributed by atoms with van der Waals surface area (Å²) in [6, 6.07) is 16.7. The van der Waals surface area contributed by atoms with Gasteiger partial charge in [-0.1, -0.05) is 36.4 Å². The lowest BCUT2D eigenvalue weighted by Crippen LogP contribution is -2.40. The molecule has 48 heavy (non-hydrogen) atoms. The van der Waals surface area contributed by atoms with Crippen molar-refractivity contribution < 1.29 is 31.8 Å². The first kappa shape index (κ1) is 33.5. The van der Waals surface area contributed by atoms with Crippen molar-refractivity contribution in [1.82, 2.24) is 20.1 Å². The van der Waals surface area contributed by atoms with E-state index in [1.54, 1.807) is 87.6 Å². The fourth-order valence-corrected chi connectivity index (χ4v) is 6.37. The van der Waals surface area contributed by atoms with Crippen molar-refractivity contribution in [2.45, 2.75) is 76.9 Å². The first-order valence-electron chi connectivity index (χ1n) is 16.2. The van der Waals surface area contributed by atoms with Crippen molar-refractivity contribution in [1.29, 1.82) is 0 Å². The van der Waals surface area contributed by atoms with E-state index in [1.807, 2.05) is 4.90 Å². The molecule has 0 bridgehead atoms. The Hall–Kier alpha value is -4.45. The molecule has 12 heteroatoms. The Balaban J connectivity index is 1.38. The number of rotatable bonds is 7. The molecule has 254 valence electrons. The number of carbonyl (C=O) groups excluding carboxylic acids is 1. The Morgan fingerprint density at radius 1 is 1.00 bits per heavy atom. The molecule has 2 aliphatic heterocycles. The maximum Gasteiger partial charge on any atom is 0.407 e. The number of carbonyl (C=O) groups is 1. The average Bonchev–Trinajstić information content (AvgIpc) is 3.64. The van der Waals surface area contributed by atoms with E-state index in [0.29, 0.717) is 66.1 Å². The first-order chi connectivity index (χ1) is 22.8. The second-order valence-corrected chi connectivity index (χ2v) is 13.3. The molecule has 0 saturated carbocycles. The molecular weight excluding hydrogens is 626 g/mol. The van der Waals surface area contributed by atoms with Crippen molar-refractivity contribution >= 4 is 34.0 Å². The predicted molar refractivity (Wildman–Crippen MR) is 176 cm³/mol. The molecule has 1 N–H and O–H groups in total. The molecule has 4 heterocycles. The highest BCUT2D eigenvalue weighted by Crippen LogP contribution is 2.41. The van der Waals surface area contributed by atoms with Crippen LogP contribution in [0.3, 0.4) is 0 Å². The van der Waals surface area contributed by atoms with Gasteiger partial charge in [0, 0.05) is 31.5 Å². The Morgan fingerprint density at radius 2 is 1.77 bits per heavy atom. The lowest BCUT2D eigenvalue weighted by atomic mass is 9.88. The Morgan fingerprint density at radius 3 is 2.44 bits per heavy atom. The lowest BCUT2D eigenvalue weighted by molar-refractivity contribution is -0.122. The highest BCUT2D eigenvalue weighted by atomic mass is 19.4. The van der Waals surface area contributed by atoms with Crippen LogP contribution >= 0.6 is 0 Å². The Kier molecular flexibility index (Phi) is 9.46. The molecule has 0 radical (unpaired) electrons. The van der Waals surface area contributed by atoms with Gasteiger partial charge in [-0.3, -0.25) is 0 Å². The van der Waals surface area contributed by atoms with Gasteiger partial charge < -0.3 is 19.7 Å². The van der Waals surface area contributed by atoms with Gasteiger partial charge in [-0.25, -0.2) is 14.5 Å². The number of allylic oxidation sites excluding steroid dienone is 1. The number of fused-ring (bicyclic) bond motifs is 1. The molecule has 2 atom stereocenters. The van der Waals surface area contributed by atoms with E-state index in [2.05, 4.69) is 15.4 Å². The summed E-state index contributed by atoms with van der Waals surface area (Å²) in [4.78, 5) is 19.0. The lowest BCUT2D eigenvalue weighted by Gasteiger charge is -2.23. The number of hydrogen-bond donors (Lipinski definition) is 1. The van der Waals surface area contributed by atoms with Gasteiger partial charge in [0.05, 0.1) is 23.4 Å².